The fourth-order valence-electron chi connectivity index (χ4n) is 6.75. The van der Waals surface area contributed by atoms with Gasteiger partial charge in [-0.15, -0.1) is 0 Å². The largest absolute Gasteiger partial charge is 0.393 e. The fraction of sp³-hybridized carbons (Fsp3) is 0.900. The zero-order valence-corrected chi connectivity index (χ0v) is 14.1. The van der Waals surface area contributed by atoms with E-state index in [2.05, 4.69) is 26.8 Å². The zero-order chi connectivity index (χ0) is 14.8. The van der Waals surface area contributed by atoms with Gasteiger partial charge in [0.1, 0.15) is 0 Å². The Morgan fingerprint density at radius 1 is 1.10 bits per heavy atom. The number of fused-ring (bicyclic) bond motifs is 5. The summed E-state index contributed by atoms with van der Waals surface area (Å²) < 4.78 is 0. The van der Waals surface area contributed by atoms with E-state index in [-0.39, 0.29) is 6.10 Å². The summed E-state index contributed by atoms with van der Waals surface area (Å²) in [5.41, 5.74) is 2.81. The first-order valence-corrected chi connectivity index (χ1v) is 9.34. The van der Waals surface area contributed by atoms with Gasteiger partial charge < -0.3 is 5.11 Å². The molecule has 4 rings (SSSR count). The highest BCUT2D eigenvalue weighted by molar-refractivity contribution is 5.28. The molecule has 7 atom stereocenters. The summed E-state index contributed by atoms with van der Waals surface area (Å²) >= 11 is 0. The minimum Gasteiger partial charge on any atom is -0.393 e. The van der Waals surface area contributed by atoms with E-state index in [9.17, 15) is 5.11 Å². The van der Waals surface area contributed by atoms with Crippen LogP contribution < -0.4 is 0 Å². The second-order valence-corrected chi connectivity index (χ2v) is 9.18. The highest BCUT2D eigenvalue weighted by Crippen LogP contribution is 2.65. The van der Waals surface area contributed by atoms with Crippen LogP contribution in [0, 0.1) is 34.5 Å². The van der Waals surface area contributed by atoms with Gasteiger partial charge in [-0.3, -0.25) is 0 Å². The molecule has 0 aliphatic heterocycles. The van der Waals surface area contributed by atoms with Crippen molar-refractivity contribution in [3.63, 3.8) is 0 Å². The molecule has 4 aliphatic rings. The molecule has 0 bridgehead atoms. The number of hydrogen-bond acceptors (Lipinski definition) is 1. The van der Waals surface area contributed by atoms with E-state index in [1.54, 1.807) is 0 Å². The van der Waals surface area contributed by atoms with E-state index in [4.69, 9.17) is 0 Å². The van der Waals surface area contributed by atoms with Crippen molar-refractivity contribution in [3.8, 4) is 0 Å². The SMILES string of the molecule is C[C@H]1CC[C@H]2[C@@H]3CC[C@@H]4C[C@H](O)CC[C@]4(C)C3=CC[C@]12C. The Balaban J connectivity index is 1.69. The van der Waals surface area contributed by atoms with Crippen LogP contribution in [0.3, 0.4) is 0 Å². The van der Waals surface area contributed by atoms with Gasteiger partial charge in [0.15, 0.2) is 0 Å². The standard InChI is InChI=1S/C20H32O/c1-13-4-7-17-16-6-5-14-12-15(21)8-10-20(14,3)18(16)9-11-19(13,17)2/h9,13-17,21H,4-8,10-12H2,1-3H3/t13-,14+,15+,16-,17-,19+,20-/m0/s1. The van der Waals surface area contributed by atoms with Crippen molar-refractivity contribution in [2.75, 3.05) is 0 Å². The molecule has 3 fully saturated rings. The lowest BCUT2D eigenvalue weighted by Gasteiger charge is -2.56. The first-order chi connectivity index (χ1) is 9.95. The molecule has 0 unspecified atom stereocenters. The lowest BCUT2D eigenvalue weighted by Crippen LogP contribution is -2.48. The van der Waals surface area contributed by atoms with Gasteiger partial charge in [0.2, 0.25) is 0 Å². The predicted octanol–water partition coefficient (Wildman–Crippen LogP) is 4.95. The van der Waals surface area contributed by atoms with Crippen molar-refractivity contribution < 1.29 is 5.11 Å². The van der Waals surface area contributed by atoms with Gasteiger partial charge in [-0.25, -0.2) is 0 Å². The van der Waals surface area contributed by atoms with Crippen molar-refractivity contribution in [2.24, 2.45) is 34.5 Å². The Bertz CT molecular complexity index is 466. The molecule has 0 spiro atoms. The van der Waals surface area contributed by atoms with Crippen LogP contribution in [-0.2, 0) is 0 Å². The molecule has 4 aliphatic carbocycles. The summed E-state index contributed by atoms with van der Waals surface area (Å²) in [6.07, 6.45) is 12.9. The van der Waals surface area contributed by atoms with Crippen LogP contribution in [0.2, 0.25) is 0 Å². The Hall–Kier alpha value is -0.300. The molecule has 21 heavy (non-hydrogen) atoms. The van der Waals surface area contributed by atoms with E-state index >= 15 is 0 Å². The monoisotopic (exact) mass is 288 g/mol. The Kier molecular flexibility index (Phi) is 3.13. The highest BCUT2D eigenvalue weighted by atomic mass is 16.3. The maximum absolute atomic E-state index is 10.1. The molecule has 0 aromatic carbocycles. The summed E-state index contributed by atoms with van der Waals surface area (Å²) in [5.74, 6) is 3.45. The third-order valence-corrected chi connectivity index (χ3v) is 8.47. The third-order valence-electron chi connectivity index (χ3n) is 8.47. The summed E-state index contributed by atoms with van der Waals surface area (Å²) in [5, 5.41) is 10.1. The highest BCUT2D eigenvalue weighted by Gasteiger charge is 2.56. The quantitative estimate of drug-likeness (QED) is 0.626. The molecule has 3 saturated carbocycles. The van der Waals surface area contributed by atoms with Crippen molar-refractivity contribution in [1.29, 1.82) is 0 Å². The molecule has 0 saturated heterocycles. The van der Waals surface area contributed by atoms with Gasteiger partial charge in [0.25, 0.3) is 0 Å². The van der Waals surface area contributed by atoms with Crippen molar-refractivity contribution in [1.82, 2.24) is 0 Å². The van der Waals surface area contributed by atoms with E-state index < -0.39 is 0 Å². The molecule has 1 nitrogen and oxygen atoms in total. The number of rotatable bonds is 0. The average Bonchev–Trinajstić information content (AvgIpc) is 2.76. The van der Waals surface area contributed by atoms with Gasteiger partial charge in [-0.1, -0.05) is 32.4 Å². The normalized spacial score (nSPS) is 56.2. The zero-order valence-electron chi connectivity index (χ0n) is 14.1. The lowest BCUT2D eigenvalue weighted by atomic mass is 9.49. The first kappa shape index (κ1) is 14.3. The van der Waals surface area contributed by atoms with Gasteiger partial charge in [-0.2, -0.15) is 0 Å². The van der Waals surface area contributed by atoms with Crippen LogP contribution in [-0.4, -0.2) is 11.2 Å². The average molecular weight is 288 g/mol. The van der Waals surface area contributed by atoms with Gasteiger partial charge >= 0.3 is 0 Å². The van der Waals surface area contributed by atoms with E-state index in [1.165, 1.54) is 38.5 Å². The van der Waals surface area contributed by atoms with E-state index in [0.29, 0.717) is 10.8 Å². The number of aliphatic hydroxyl groups excluding tert-OH is 1. The second kappa shape index (κ2) is 4.60. The topological polar surface area (TPSA) is 20.2 Å². The maximum Gasteiger partial charge on any atom is 0.0543 e. The summed E-state index contributed by atoms with van der Waals surface area (Å²) in [4.78, 5) is 0. The molecule has 118 valence electrons. The van der Waals surface area contributed by atoms with Crippen molar-refractivity contribution in [2.45, 2.75) is 78.2 Å². The number of aliphatic hydroxyl groups is 1. The fourth-order valence-corrected chi connectivity index (χ4v) is 6.75. The number of hydrogen-bond donors (Lipinski definition) is 1. The Morgan fingerprint density at radius 2 is 1.90 bits per heavy atom. The minimum absolute atomic E-state index is 0.0272. The predicted molar refractivity (Wildman–Crippen MR) is 86.9 cm³/mol. The number of allylic oxidation sites excluding steroid dienone is 2. The van der Waals surface area contributed by atoms with Crippen molar-refractivity contribution in [3.05, 3.63) is 11.6 Å². The first-order valence-electron chi connectivity index (χ1n) is 9.34. The van der Waals surface area contributed by atoms with Crippen LogP contribution in [0.5, 0.6) is 0 Å². The molecule has 0 aromatic rings. The van der Waals surface area contributed by atoms with Crippen molar-refractivity contribution >= 4 is 0 Å². The minimum atomic E-state index is -0.0272. The van der Waals surface area contributed by atoms with Gasteiger partial charge in [0.05, 0.1) is 6.10 Å². The smallest absolute Gasteiger partial charge is 0.0543 e. The molecule has 0 aromatic heterocycles. The summed E-state index contributed by atoms with van der Waals surface area (Å²) in [6, 6.07) is 0. The second-order valence-electron chi connectivity index (χ2n) is 9.18. The molecule has 1 heteroatoms. The third kappa shape index (κ3) is 1.85. The summed E-state index contributed by atoms with van der Waals surface area (Å²) in [6.45, 7) is 7.59. The van der Waals surface area contributed by atoms with E-state index in [1.807, 2.05) is 5.57 Å². The molecule has 1 N–H and O–H groups in total. The van der Waals surface area contributed by atoms with Crippen LogP contribution in [0.25, 0.3) is 0 Å². The Morgan fingerprint density at radius 3 is 2.71 bits per heavy atom. The van der Waals surface area contributed by atoms with E-state index in [0.717, 1.165) is 36.5 Å². The van der Waals surface area contributed by atoms with Crippen LogP contribution in [0.1, 0.15) is 72.1 Å². The summed E-state index contributed by atoms with van der Waals surface area (Å²) in [7, 11) is 0. The molecule has 0 amide bonds. The molecular weight excluding hydrogens is 256 g/mol. The maximum atomic E-state index is 10.1. The van der Waals surface area contributed by atoms with Crippen LogP contribution >= 0.6 is 0 Å². The van der Waals surface area contributed by atoms with Crippen LogP contribution in [0.15, 0.2) is 11.6 Å². The molecule has 0 heterocycles. The van der Waals surface area contributed by atoms with Gasteiger partial charge in [-0.05, 0) is 85.9 Å². The molecular formula is C20H32O. The van der Waals surface area contributed by atoms with Crippen LogP contribution in [0.4, 0.5) is 0 Å². The lowest BCUT2D eigenvalue weighted by molar-refractivity contribution is -0.0111. The van der Waals surface area contributed by atoms with Gasteiger partial charge in [0, 0.05) is 0 Å². The molecule has 0 radical (unpaired) electrons. The Labute approximate surface area is 130 Å².